The monoisotopic (exact) mass is 431 g/mol. The third-order valence-electron chi connectivity index (χ3n) is 4.08. The Morgan fingerprint density at radius 3 is 2.72 bits per heavy atom. The number of aliphatic hydroxyl groups excluding tert-OH is 1. The van der Waals surface area contributed by atoms with Crippen LogP contribution in [0.3, 0.4) is 0 Å². The third-order valence-corrected chi connectivity index (χ3v) is 4.73. The van der Waals surface area contributed by atoms with Gasteiger partial charge in [0.25, 0.3) is 0 Å². The molecular weight excluding hydrogens is 413 g/mol. The number of rotatable bonds is 8. The Labute approximate surface area is 177 Å². The summed E-state index contributed by atoms with van der Waals surface area (Å²) in [5, 5.41) is 22.2. The molecule has 4 N–H and O–H groups in total. The highest BCUT2D eigenvalue weighted by Gasteiger charge is 2.10. The maximum atomic E-state index is 8.94. The number of nitrogens with two attached hydrogens (primary N) is 1. The summed E-state index contributed by atoms with van der Waals surface area (Å²) in [6, 6.07) is 5.10. The smallest absolute Gasteiger partial charge is 0.120 e. The number of allylic oxidation sites excluding steroid dienone is 1. The van der Waals surface area contributed by atoms with Crippen molar-refractivity contribution in [3.05, 3.63) is 75.8 Å². The van der Waals surface area contributed by atoms with E-state index in [2.05, 4.69) is 10.1 Å². The molecule has 0 fully saturated rings. The normalized spacial score (nSPS) is 11.1. The van der Waals surface area contributed by atoms with Crippen LogP contribution in [-0.2, 0) is 13.2 Å². The third kappa shape index (κ3) is 5.35. The van der Waals surface area contributed by atoms with Crippen LogP contribution in [0.25, 0.3) is 6.08 Å². The molecule has 0 atom stereocenters. The average Bonchev–Trinajstić information content (AvgIpc) is 3.15. The fraction of sp³-hybridized carbons (Fsp3) is 0.150. The lowest BCUT2D eigenvalue weighted by molar-refractivity contribution is 0.269. The van der Waals surface area contributed by atoms with Gasteiger partial charge in [-0.25, -0.2) is 0 Å². The average molecular weight is 432 g/mol. The molecule has 29 heavy (non-hydrogen) atoms. The number of halogens is 2. The van der Waals surface area contributed by atoms with Gasteiger partial charge in [0, 0.05) is 41.0 Å². The van der Waals surface area contributed by atoms with Crippen molar-refractivity contribution in [2.24, 2.45) is 0 Å². The van der Waals surface area contributed by atoms with Crippen molar-refractivity contribution in [3.63, 3.8) is 0 Å². The maximum Gasteiger partial charge on any atom is 0.120 e. The summed E-state index contributed by atoms with van der Waals surface area (Å²) in [5.74, 6) is 0.534. The minimum absolute atomic E-state index is 0.0138. The van der Waals surface area contributed by atoms with Crippen molar-refractivity contribution in [2.45, 2.75) is 13.2 Å². The van der Waals surface area contributed by atoms with Gasteiger partial charge in [-0.1, -0.05) is 23.2 Å². The highest BCUT2D eigenvalue weighted by Crippen LogP contribution is 2.26. The van der Waals surface area contributed by atoms with Gasteiger partial charge in [0.05, 0.1) is 35.1 Å². The van der Waals surface area contributed by atoms with Gasteiger partial charge in [-0.3, -0.25) is 9.67 Å². The second-order valence-electron chi connectivity index (χ2n) is 6.13. The predicted octanol–water partition coefficient (Wildman–Crippen LogP) is 3.82. The molecule has 0 aliphatic carbocycles. The van der Waals surface area contributed by atoms with E-state index in [-0.39, 0.29) is 18.9 Å². The Kier molecular flexibility index (Phi) is 6.87. The van der Waals surface area contributed by atoms with E-state index in [1.54, 1.807) is 47.4 Å². The van der Waals surface area contributed by atoms with Gasteiger partial charge < -0.3 is 21.0 Å². The van der Waals surface area contributed by atoms with Crippen molar-refractivity contribution in [2.75, 3.05) is 12.3 Å². The van der Waals surface area contributed by atoms with E-state index >= 15 is 0 Å². The van der Waals surface area contributed by atoms with E-state index in [9.17, 15) is 0 Å². The first-order valence-corrected chi connectivity index (χ1v) is 9.44. The van der Waals surface area contributed by atoms with Crippen LogP contribution in [0.2, 0.25) is 10.0 Å². The summed E-state index contributed by atoms with van der Waals surface area (Å²) >= 11 is 12.2. The van der Waals surface area contributed by atoms with Crippen LogP contribution in [0.4, 0.5) is 5.69 Å². The van der Waals surface area contributed by atoms with Crippen LogP contribution in [0.5, 0.6) is 5.75 Å². The number of pyridine rings is 1. The molecule has 0 aliphatic heterocycles. The van der Waals surface area contributed by atoms with E-state index in [0.717, 1.165) is 5.56 Å². The first-order chi connectivity index (χ1) is 14.0. The predicted molar refractivity (Wildman–Crippen MR) is 115 cm³/mol. The van der Waals surface area contributed by atoms with Crippen molar-refractivity contribution < 1.29 is 9.84 Å². The summed E-state index contributed by atoms with van der Waals surface area (Å²) in [7, 11) is 0. The maximum absolute atomic E-state index is 8.94. The fourth-order valence-corrected chi connectivity index (χ4v) is 3.02. The van der Waals surface area contributed by atoms with Crippen LogP contribution < -0.4 is 10.5 Å². The molecule has 150 valence electrons. The Morgan fingerprint density at radius 1 is 1.24 bits per heavy atom. The minimum Gasteiger partial charge on any atom is -0.489 e. The Balaban J connectivity index is 1.72. The standard InChI is InChI=1S/C20H19Cl2N5O2/c21-17-9-25-10-18(22)16(17)12-29-14-2-4-20(24)15(7-14)19(23)3-1-13-8-26-27(11-13)5-6-28/h1-4,7-11,23,28H,5-6,12,24H2/b3-1+,23-19?. The molecule has 2 aromatic heterocycles. The largest absolute Gasteiger partial charge is 0.489 e. The van der Waals surface area contributed by atoms with Gasteiger partial charge in [-0.2, -0.15) is 5.10 Å². The first kappa shape index (κ1) is 20.9. The molecule has 0 radical (unpaired) electrons. The Bertz CT molecular complexity index is 1030. The molecule has 3 rings (SSSR count). The van der Waals surface area contributed by atoms with E-state index in [1.165, 1.54) is 12.4 Å². The number of anilines is 1. The van der Waals surface area contributed by atoms with E-state index < -0.39 is 0 Å². The number of hydrogen-bond donors (Lipinski definition) is 3. The quantitative estimate of drug-likeness (QED) is 0.370. The molecule has 0 saturated carbocycles. The van der Waals surface area contributed by atoms with Gasteiger partial charge in [-0.15, -0.1) is 0 Å². The fourth-order valence-electron chi connectivity index (χ4n) is 2.55. The number of hydrogen-bond acceptors (Lipinski definition) is 6. The van der Waals surface area contributed by atoms with Gasteiger partial charge in [0.15, 0.2) is 0 Å². The van der Waals surface area contributed by atoms with Gasteiger partial charge in [0.2, 0.25) is 0 Å². The topological polar surface area (TPSA) is 110 Å². The van der Waals surface area contributed by atoms with E-state index in [4.69, 9.17) is 44.2 Å². The Hall–Kier alpha value is -2.87. The number of nitrogens with zero attached hydrogens (tertiary/aromatic N) is 3. The molecule has 0 aliphatic rings. The number of nitrogens with one attached hydrogen (secondary N) is 1. The lowest BCUT2D eigenvalue weighted by Crippen LogP contribution is -2.03. The highest BCUT2D eigenvalue weighted by molar-refractivity contribution is 6.35. The van der Waals surface area contributed by atoms with Gasteiger partial charge >= 0.3 is 0 Å². The molecule has 0 unspecified atom stereocenters. The Morgan fingerprint density at radius 2 is 2.00 bits per heavy atom. The summed E-state index contributed by atoms with van der Waals surface area (Å²) in [5.41, 5.74) is 8.71. The summed E-state index contributed by atoms with van der Waals surface area (Å²) in [6.07, 6.45) is 9.84. The SMILES string of the molecule is N=C(/C=C/c1cnn(CCO)c1)c1cc(OCc2c(Cl)cncc2Cl)ccc1N. The number of aromatic nitrogens is 3. The number of aliphatic hydroxyl groups is 1. The van der Waals surface area contributed by atoms with Gasteiger partial charge in [0.1, 0.15) is 12.4 Å². The minimum atomic E-state index is 0.0138. The van der Waals surface area contributed by atoms with Gasteiger partial charge in [-0.05, 0) is 30.4 Å². The molecule has 0 saturated heterocycles. The zero-order valence-electron chi connectivity index (χ0n) is 15.3. The van der Waals surface area contributed by atoms with Crippen LogP contribution in [-0.4, -0.2) is 32.2 Å². The molecule has 1 aromatic carbocycles. The molecular formula is C20H19Cl2N5O2. The van der Waals surface area contributed by atoms with Crippen LogP contribution in [0.15, 0.2) is 49.1 Å². The number of benzene rings is 1. The zero-order chi connectivity index (χ0) is 20.8. The first-order valence-electron chi connectivity index (χ1n) is 8.68. The van der Waals surface area contributed by atoms with E-state index in [1.807, 2.05) is 0 Å². The molecule has 9 heteroatoms. The molecule has 7 nitrogen and oxygen atoms in total. The molecule has 2 heterocycles. The lowest BCUT2D eigenvalue weighted by atomic mass is 10.1. The van der Waals surface area contributed by atoms with E-state index in [0.29, 0.717) is 39.2 Å². The number of nitrogen functional groups attached to an aromatic ring is 1. The van der Waals surface area contributed by atoms with Crippen LogP contribution >= 0.6 is 23.2 Å². The molecule has 0 spiro atoms. The lowest BCUT2D eigenvalue weighted by Gasteiger charge is -2.11. The molecule has 0 bridgehead atoms. The highest BCUT2D eigenvalue weighted by atomic mass is 35.5. The molecule has 0 amide bonds. The van der Waals surface area contributed by atoms with Crippen molar-refractivity contribution in [3.8, 4) is 5.75 Å². The zero-order valence-corrected chi connectivity index (χ0v) is 16.9. The van der Waals surface area contributed by atoms with Crippen molar-refractivity contribution in [1.29, 1.82) is 5.41 Å². The van der Waals surface area contributed by atoms with Crippen molar-refractivity contribution in [1.82, 2.24) is 14.8 Å². The van der Waals surface area contributed by atoms with Crippen LogP contribution in [0, 0.1) is 5.41 Å². The summed E-state index contributed by atoms with van der Waals surface area (Å²) in [6.45, 7) is 0.597. The summed E-state index contributed by atoms with van der Waals surface area (Å²) < 4.78 is 7.41. The second-order valence-corrected chi connectivity index (χ2v) is 6.94. The summed E-state index contributed by atoms with van der Waals surface area (Å²) in [4.78, 5) is 3.92. The number of ether oxygens (including phenoxy) is 1. The van der Waals surface area contributed by atoms with Crippen LogP contribution in [0.1, 0.15) is 16.7 Å². The van der Waals surface area contributed by atoms with Crippen molar-refractivity contribution >= 4 is 40.7 Å². The molecule has 3 aromatic rings. The second kappa shape index (κ2) is 9.56.